The van der Waals surface area contributed by atoms with Crippen LogP contribution in [0.2, 0.25) is 0 Å². The first-order valence-corrected chi connectivity index (χ1v) is 7.23. The van der Waals surface area contributed by atoms with Crippen LogP contribution in [0.25, 0.3) is 0 Å². The van der Waals surface area contributed by atoms with Crippen LogP contribution in [-0.4, -0.2) is 34.7 Å². The van der Waals surface area contributed by atoms with Gasteiger partial charge in [0.15, 0.2) is 0 Å². The van der Waals surface area contributed by atoms with E-state index in [1.165, 1.54) is 17.3 Å². The fraction of sp³-hybridized carbons (Fsp3) is 0.500. The molecule has 0 fully saturated rings. The topological polar surface area (TPSA) is 40.5 Å². The molecular formula is C14H19NO2S. The molecule has 2 rings (SSSR count). The predicted octanol–water partition coefficient (Wildman–Crippen LogP) is 2.08. The lowest BCUT2D eigenvalue weighted by atomic mass is 10.2. The van der Waals surface area contributed by atoms with Crippen LogP contribution in [0.4, 0.5) is 5.69 Å². The van der Waals surface area contributed by atoms with E-state index in [4.69, 9.17) is 5.11 Å². The van der Waals surface area contributed by atoms with Crippen LogP contribution in [0.5, 0.6) is 0 Å². The van der Waals surface area contributed by atoms with Crippen molar-refractivity contribution in [2.24, 2.45) is 0 Å². The minimum absolute atomic E-state index is 0.0989. The van der Waals surface area contributed by atoms with Crippen LogP contribution in [0, 0.1) is 0 Å². The summed E-state index contributed by atoms with van der Waals surface area (Å²) in [5.74, 6) is 0.144. The number of hydrogen-bond donors (Lipinski definition) is 1. The van der Waals surface area contributed by atoms with Gasteiger partial charge in [0.2, 0.25) is 5.91 Å². The zero-order valence-electron chi connectivity index (χ0n) is 10.8. The molecule has 1 N–H and O–H groups in total. The minimum Gasteiger partial charge on any atom is -0.395 e. The molecule has 1 aromatic carbocycles. The number of carbonyl (C=O) groups excluding carboxylic acids is 1. The number of thioether (sulfide) groups is 1. The Labute approximate surface area is 112 Å². The predicted molar refractivity (Wildman–Crippen MR) is 76.1 cm³/mol. The molecule has 0 radical (unpaired) electrons. The second kappa shape index (κ2) is 5.76. The van der Waals surface area contributed by atoms with E-state index in [0.29, 0.717) is 0 Å². The summed E-state index contributed by atoms with van der Waals surface area (Å²) in [5, 5.41) is 9.03. The van der Waals surface area contributed by atoms with Crippen LogP contribution in [0.1, 0.15) is 19.4 Å². The average molecular weight is 265 g/mol. The van der Waals surface area contributed by atoms with Gasteiger partial charge in [-0.2, -0.15) is 0 Å². The highest BCUT2D eigenvalue weighted by atomic mass is 32.2. The third-order valence-corrected chi connectivity index (χ3v) is 4.42. The van der Waals surface area contributed by atoms with Crippen LogP contribution in [-0.2, 0) is 11.2 Å². The van der Waals surface area contributed by atoms with E-state index in [1.807, 2.05) is 36.9 Å². The van der Waals surface area contributed by atoms with Crippen molar-refractivity contribution >= 4 is 23.4 Å². The van der Waals surface area contributed by atoms with Gasteiger partial charge >= 0.3 is 0 Å². The molecule has 0 saturated carbocycles. The van der Waals surface area contributed by atoms with E-state index in [2.05, 4.69) is 6.07 Å². The molecule has 1 amide bonds. The quantitative estimate of drug-likeness (QED) is 0.906. The number of aliphatic hydroxyl groups is 1. The smallest absolute Gasteiger partial charge is 0.239 e. The van der Waals surface area contributed by atoms with Gasteiger partial charge in [0.05, 0.1) is 11.9 Å². The Morgan fingerprint density at radius 2 is 2.17 bits per heavy atom. The maximum Gasteiger partial charge on any atom is 0.239 e. The molecule has 4 heteroatoms. The Hall–Kier alpha value is -1.00. The zero-order valence-corrected chi connectivity index (χ0v) is 11.6. The molecule has 0 aromatic heterocycles. The number of hydrogen-bond acceptors (Lipinski definition) is 3. The Bertz CT molecular complexity index is 436. The molecule has 3 nitrogen and oxygen atoms in total. The lowest BCUT2D eigenvalue weighted by molar-refractivity contribution is -0.117. The molecule has 98 valence electrons. The second-order valence-electron chi connectivity index (χ2n) is 4.64. The lowest BCUT2D eigenvalue weighted by Crippen LogP contribution is -2.36. The van der Waals surface area contributed by atoms with Crippen LogP contribution in [0.3, 0.4) is 0 Å². The third kappa shape index (κ3) is 2.70. The number of benzene rings is 1. The van der Waals surface area contributed by atoms with Crippen molar-refractivity contribution in [1.82, 2.24) is 0 Å². The summed E-state index contributed by atoms with van der Waals surface area (Å²) < 4.78 is 0. The van der Waals surface area contributed by atoms with Crippen molar-refractivity contribution in [1.29, 1.82) is 0 Å². The maximum absolute atomic E-state index is 12.4. The summed E-state index contributed by atoms with van der Waals surface area (Å²) in [6, 6.07) is 8.07. The van der Waals surface area contributed by atoms with Crippen molar-refractivity contribution in [3.63, 3.8) is 0 Å². The van der Waals surface area contributed by atoms with Gasteiger partial charge in [-0.25, -0.2) is 0 Å². The molecule has 2 atom stereocenters. The molecule has 0 aliphatic carbocycles. The van der Waals surface area contributed by atoms with E-state index in [0.717, 1.165) is 18.7 Å². The van der Waals surface area contributed by atoms with Crippen molar-refractivity contribution in [3.05, 3.63) is 29.8 Å². The van der Waals surface area contributed by atoms with Crippen LogP contribution in [0.15, 0.2) is 24.3 Å². The van der Waals surface area contributed by atoms with Gasteiger partial charge < -0.3 is 10.0 Å². The number of aliphatic hydroxyl groups excluding tert-OH is 1. The van der Waals surface area contributed by atoms with Crippen LogP contribution < -0.4 is 4.90 Å². The Balaban J connectivity index is 2.07. The Kier molecular flexibility index (Phi) is 4.30. The van der Waals surface area contributed by atoms with E-state index >= 15 is 0 Å². The summed E-state index contributed by atoms with van der Waals surface area (Å²) in [4.78, 5) is 14.3. The minimum atomic E-state index is -0.113. The van der Waals surface area contributed by atoms with Gasteiger partial charge in [0.25, 0.3) is 0 Å². The summed E-state index contributed by atoms with van der Waals surface area (Å²) in [5.41, 5.74) is 2.30. The first-order valence-electron chi connectivity index (χ1n) is 6.29. The zero-order chi connectivity index (χ0) is 13.1. The molecule has 1 aliphatic rings. The first kappa shape index (κ1) is 13.4. The summed E-state index contributed by atoms with van der Waals surface area (Å²) in [7, 11) is 0. The fourth-order valence-electron chi connectivity index (χ4n) is 2.24. The number of amides is 1. The summed E-state index contributed by atoms with van der Waals surface area (Å²) in [6.45, 7) is 4.74. The van der Waals surface area contributed by atoms with Gasteiger partial charge in [-0.3, -0.25) is 4.79 Å². The highest BCUT2D eigenvalue weighted by Crippen LogP contribution is 2.30. The number of carbonyl (C=O) groups is 1. The van der Waals surface area contributed by atoms with Gasteiger partial charge in [-0.1, -0.05) is 25.1 Å². The monoisotopic (exact) mass is 265 g/mol. The average Bonchev–Trinajstić information content (AvgIpc) is 2.81. The fourth-order valence-corrected chi connectivity index (χ4v) is 3.26. The normalized spacial score (nSPS) is 17.4. The molecule has 1 aliphatic heterocycles. The Morgan fingerprint density at radius 1 is 1.44 bits per heavy atom. The molecule has 0 spiro atoms. The van der Waals surface area contributed by atoms with Crippen molar-refractivity contribution in [2.75, 3.05) is 18.1 Å². The van der Waals surface area contributed by atoms with Crippen molar-refractivity contribution in [3.8, 4) is 0 Å². The van der Waals surface area contributed by atoms with Crippen molar-refractivity contribution < 1.29 is 9.90 Å². The van der Waals surface area contributed by atoms with E-state index in [1.54, 1.807) is 0 Å². The van der Waals surface area contributed by atoms with E-state index in [-0.39, 0.29) is 23.0 Å². The standard InChI is InChI=1S/C14H19NO2S/c1-10(9-16)18-11(2)14(17)15-8-7-12-5-3-4-6-13(12)15/h3-6,10-11,16H,7-9H2,1-2H3/t10-,11-/m0/s1. The van der Waals surface area contributed by atoms with Gasteiger partial charge in [-0.15, -0.1) is 11.8 Å². The molecule has 0 unspecified atom stereocenters. The summed E-state index contributed by atoms with van der Waals surface area (Å²) in [6.07, 6.45) is 0.939. The number of nitrogens with zero attached hydrogens (tertiary/aromatic N) is 1. The maximum atomic E-state index is 12.4. The highest BCUT2D eigenvalue weighted by molar-refractivity contribution is 8.01. The number of rotatable bonds is 4. The van der Waals surface area contributed by atoms with Gasteiger partial charge in [-0.05, 0) is 25.0 Å². The molecule has 0 saturated heterocycles. The van der Waals surface area contributed by atoms with E-state index in [9.17, 15) is 4.79 Å². The first-order chi connectivity index (χ1) is 8.63. The summed E-state index contributed by atoms with van der Waals surface area (Å²) >= 11 is 1.53. The molecule has 1 aromatic rings. The Morgan fingerprint density at radius 3 is 2.89 bits per heavy atom. The lowest BCUT2D eigenvalue weighted by Gasteiger charge is -2.22. The number of para-hydroxylation sites is 1. The molecule has 0 bridgehead atoms. The largest absolute Gasteiger partial charge is 0.395 e. The molecule has 18 heavy (non-hydrogen) atoms. The second-order valence-corrected chi connectivity index (χ2v) is 6.42. The SMILES string of the molecule is C[C@H](S[C@@H](C)CO)C(=O)N1CCc2ccccc21. The third-order valence-electron chi connectivity index (χ3n) is 3.19. The molecular weight excluding hydrogens is 246 g/mol. The molecule has 1 heterocycles. The van der Waals surface area contributed by atoms with Crippen LogP contribution >= 0.6 is 11.8 Å². The number of anilines is 1. The van der Waals surface area contributed by atoms with Gasteiger partial charge in [0, 0.05) is 17.5 Å². The van der Waals surface area contributed by atoms with E-state index < -0.39 is 0 Å². The number of fused-ring (bicyclic) bond motifs is 1. The van der Waals surface area contributed by atoms with Crippen molar-refractivity contribution in [2.45, 2.75) is 30.8 Å². The highest BCUT2D eigenvalue weighted by Gasteiger charge is 2.28. The van der Waals surface area contributed by atoms with Gasteiger partial charge in [0.1, 0.15) is 0 Å².